The highest BCUT2D eigenvalue weighted by Crippen LogP contribution is 2.38. The molecule has 2 heterocycles. The Morgan fingerprint density at radius 3 is 2.69 bits per heavy atom. The highest BCUT2D eigenvalue weighted by atomic mass is 35.5. The van der Waals surface area contributed by atoms with Gasteiger partial charge in [-0.2, -0.15) is 0 Å². The van der Waals surface area contributed by atoms with Crippen LogP contribution in [0.2, 0.25) is 5.02 Å². The Morgan fingerprint density at radius 1 is 1.24 bits per heavy atom. The summed E-state index contributed by atoms with van der Waals surface area (Å²) in [5, 5.41) is 14.8. The van der Waals surface area contributed by atoms with E-state index in [4.69, 9.17) is 11.6 Å². The standard InChI is InChI=1S/C21H23ClN4O3/c1-2-23-21(27)18-12-14-11-17(26(28)29)7-8-19(14)25-10-9-24(13-20(18)25)16-5-3-15(22)4-6-16/h3-8,11,18,20H,2,9-10,12-13H2,1H3,(H,23,27)/t18-,20-/m1/s1. The smallest absolute Gasteiger partial charge is 0.269 e. The fourth-order valence-corrected chi connectivity index (χ4v) is 4.54. The van der Waals surface area contributed by atoms with Crippen LogP contribution in [0.4, 0.5) is 17.1 Å². The van der Waals surface area contributed by atoms with Gasteiger partial charge in [0.25, 0.3) is 5.69 Å². The zero-order valence-corrected chi connectivity index (χ0v) is 16.9. The lowest BCUT2D eigenvalue weighted by molar-refractivity contribution is -0.384. The van der Waals surface area contributed by atoms with E-state index in [0.29, 0.717) is 24.5 Å². The molecular formula is C21H23ClN4O3. The molecule has 7 nitrogen and oxygen atoms in total. The number of nitro benzene ring substituents is 1. The van der Waals surface area contributed by atoms with E-state index < -0.39 is 0 Å². The van der Waals surface area contributed by atoms with Crippen LogP contribution in [-0.4, -0.2) is 43.1 Å². The molecule has 2 aliphatic rings. The van der Waals surface area contributed by atoms with Gasteiger partial charge in [-0.3, -0.25) is 14.9 Å². The second kappa shape index (κ2) is 7.91. The highest BCUT2D eigenvalue weighted by Gasteiger charge is 2.41. The third-order valence-electron chi connectivity index (χ3n) is 5.79. The zero-order valence-electron chi connectivity index (χ0n) is 16.2. The van der Waals surface area contributed by atoms with Gasteiger partial charge in [-0.05, 0) is 49.2 Å². The van der Waals surface area contributed by atoms with Gasteiger partial charge in [0, 0.05) is 54.7 Å². The number of non-ortho nitro benzene ring substituents is 1. The lowest BCUT2D eigenvalue weighted by Crippen LogP contribution is -2.61. The molecule has 0 aliphatic carbocycles. The molecule has 0 radical (unpaired) electrons. The number of nitrogens with zero attached hydrogens (tertiary/aromatic N) is 3. The Morgan fingerprint density at radius 2 is 2.00 bits per heavy atom. The number of carbonyl (C=O) groups excluding carboxylic acids is 1. The SMILES string of the molecule is CCNC(=O)[C@@H]1Cc2cc([N+](=O)[O-])ccc2N2CCN(c3ccc(Cl)cc3)C[C@H]12. The maximum absolute atomic E-state index is 12.9. The third kappa shape index (κ3) is 3.74. The van der Waals surface area contributed by atoms with Crippen molar-refractivity contribution in [3.05, 3.63) is 63.2 Å². The summed E-state index contributed by atoms with van der Waals surface area (Å²) in [4.78, 5) is 28.2. The Kier molecular flexibility index (Phi) is 5.32. The number of piperazine rings is 1. The molecule has 1 fully saturated rings. The van der Waals surface area contributed by atoms with E-state index in [-0.39, 0.29) is 28.5 Å². The van der Waals surface area contributed by atoms with E-state index in [2.05, 4.69) is 15.1 Å². The first-order chi connectivity index (χ1) is 14.0. The van der Waals surface area contributed by atoms with Crippen molar-refractivity contribution in [1.29, 1.82) is 0 Å². The minimum absolute atomic E-state index is 0.0000609. The number of anilines is 2. The molecule has 2 aromatic carbocycles. The zero-order chi connectivity index (χ0) is 20.5. The Balaban J connectivity index is 1.67. The minimum atomic E-state index is -0.383. The molecule has 8 heteroatoms. The molecule has 2 atom stereocenters. The van der Waals surface area contributed by atoms with Crippen LogP contribution in [0.5, 0.6) is 0 Å². The van der Waals surface area contributed by atoms with Crippen molar-refractivity contribution in [1.82, 2.24) is 5.32 Å². The quantitative estimate of drug-likeness (QED) is 0.613. The second-order valence-electron chi connectivity index (χ2n) is 7.46. The number of amides is 1. The van der Waals surface area contributed by atoms with Crippen molar-refractivity contribution in [3.8, 4) is 0 Å². The van der Waals surface area contributed by atoms with Gasteiger partial charge in [-0.15, -0.1) is 0 Å². The van der Waals surface area contributed by atoms with Crippen LogP contribution >= 0.6 is 11.6 Å². The van der Waals surface area contributed by atoms with Gasteiger partial charge in [-0.1, -0.05) is 11.6 Å². The molecule has 0 saturated carbocycles. The number of nitro groups is 1. The minimum Gasteiger partial charge on any atom is -0.368 e. The number of hydrogen-bond donors (Lipinski definition) is 1. The molecular weight excluding hydrogens is 392 g/mol. The summed E-state index contributed by atoms with van der Waals surface area (Å²) < 4.78 is 0. The average molecular weight is 415 g/mol. The van der Waals surface area contributed by atoms with Crippen molar-refractivity contribution in [2.24, 2.45) is 5.92 Å². The third-order valence-corrected chi connectivity index (χ3v) is 6.04. The van der Waals surface area contributed by atoms with Crippen LogP contribution in [0, 0.1) is 16.0 Å². The first kappa shape index (κ1) is 19.5. The van der Waals surface area contributed by atoms with Crippen molar-refractivity contribution >= 4 is 34.6 Å². The largest absolute Gasteiger partial charge is 0.368 e. The number of fused-ring (bicyclic) bond motifs is 3. The summed E-state index contributed by atoms with van der Waals surface area (Å²) >= 11 is 6.02. The second-order valence-corrected chi connectivity index (χ2v) is 7.89. The summed E-state index contributed by atoms with van der Waals surface area (Å²) in [6, 6.07) is 12.7. The van der Waals surface area contributed by atoms with E-state index in [1.54, 1.807) is 12.1 Å². The summed E-state index contributed by atoms with van der Waals surface area (Å²) in [5.41, 5.74) is 3.01. The summed E-state index contributed by atoms with van der Waals surface area (Å²) in [5.74, 6) is -0.267. The molecule has 0 unspecified atom stereocenters. The molecule has 152 valence electrons. The number of carbonyl (C=O) groups is 1. The lowest BCUT2D eigenvalue weighted by atomic mass is 9.83. The van der Waals surface area contributed by atoms with Gasteiger partial charge in [0.1, 0.15) is 0 Å². The predicted molar refractivity (Wildman–Crippen MR) is 114 cm³/mol. The molecule has 0 bridgehead atoms. The van der Waals surface area contributed by atoms with Gasteiger partial charge in [-0.25, -0.2) is 0 Å². The normalized spacial score (nSPS) is 20.6. The fourth-order valence-electron chi connectivity index (χ4n) is 4.41. The highest BCUT2D eigenvalue weighted by molar-refractivity contribution is 6.30. The van der Waals surface area contributed by atoms with Gasteiger partial charge in [0.05, 0.1) is 16.9 Å². The van der Waals surface area contributed by atoms with Crippen LogP contribution in [0.25, 0.3) is 0 Å². The molecule has 29 heavy (non-hydrogen) atoms. The van der Waals surface area contributed by atoms with Crippen LogP contribution in [0.15, 0.2) is 42.5 Å². The topological polar surface area (TPSA) is 78.7 Å². The average Bonchev–Trinajstić information content (AvgIpc) is 2.73. The first-order valence-electron chi connectivity index (χ1n) is 9.80. The van der Waals surface area contributed by atoms with E-state index in [1.807, 2.05) is 37.3 Å². The Hall–Kier alpha value is -2.80. The van der Waals surface area contributed by atoms with Gasteiger partial charge in [0.2, 0.25) is 5.91 Å². The molecule has 1 N–H and O–H groups in total. The van der Waals surface area contributed by atoms with Gasteiger partial charge in [0.15, 0.2) is 0 Å². The molecule has 0 spiro atoms. The maximum Gasteiger partial charge on any atom is 0.269 e. The number of hydrogen-bond acceptors (Lipinski definition) is 5. The summed E-state index contributed by atoms with van der Waals surface area (Å²) in [6.45, 7) is 4.72. The molecule has 1 saturated heterocycles. The van der Waals surface area contributed by atoms with E-state index >= 15 is 0 Å². The van der Waals surface area contributed by atoms with Crippen LogP contribution in [0.3, 0.4) is 0 Å². The van der Waals surface area contributed by atoms with Crippen LogP contribution in [0.1, 0.15) is 12.5 Å². The first-order valence-corrected chi connectivity index (χ1v) is 10.2. The summed E-state index contributed by atoms with van der Waals surface area (Å²) in [6.07, 6.45) is 0.498. The molecule has 2 aliphatic heterocycles. The Bertz CT molecular complexity index is 934. The number of nitrogens with one attached hydrogen (secondary N) is 1. The number of benzene rings is 2. The summed E-state index contributed by atoms with van der Waals surface area (Å²) in [7, 11) is 0. The molecule has 4 rings (SSSR count). The van der Waals surface area contributed by atoms with Crippen molar-refractivity contribution < 1.29 is 9.72 Å². The lowest BCUT2D eigenvalue weighted by Gasteiger charge is -2.49. The van der Waals surface area contributed by atoms with Gasteiger partial charge < -0.3 is 15.1 Å². The van der Waals surface area contributed by atoms with Crippen molar-refractivity contribution in [3.63, 3.8) is 0 Å². The maximum atomic E-state index is 12.9. The number of halogens is 1. The van der Waals surface area contributed by atoms with E-state index in [1.165, 1.54) is 0 Å². The van der Waals surface area contributed by atoms with E-state index in [0.717, 1.165) is 30.0 Å². The van der Waals surface area contributed by atoms with Crippen molar-refractivity contribution in [2.45, 2.75) is 19.4 Å². The number of rotatable bonds is 4. The Labute approximate surface area is 174 Å². The monoisotopic (exact) mass is 414 g/mol. The van der Waals surface area contributed by atoms with Gasteiger partial charge >= 0.3 is 0 Å². The molecule has 1 amide bonds. The predicted octanol–water partition coefficient (Wildman–Crippen LogP) is 3.25. The fraction of sp³-hybridized carbons (Fsp3) is 0.381. The van der Waals surface area contributed by atoms with Crippen LogP contribution < -0.4 is 15.1 Å². The molecule has 0 aromatic heterocycles. The van der Waals surface area contributed by atoms with E-state index in [9.17, 15) is 14.9 Å². The molecule has 2 aromatic rings. The van der Waals surface area contributed by atoms with Crippen molar-refractivity contribution in [2.75, 3.05) is 36.0 Å². The van der Waals surface area contributed by atoms with Crippen LogP contribution in [-0.2, 0) is 11.2 Å².